The summed E-state index contributed by atoms with van der Waals surface area (Å²) in [5.41, 5.74) is 8.15. The van der Waals surface area contributed by atoms with Gasteiger partial charge in [-0.2, -0.15) is 9.97 Å². The molecule has 2 aliphatic heterocycles. The molecule has 210 valence electrons. The van der Waals surface area contributed by atoms with Crippen LogP contribution in [0.4, 0.5) is 23.0 Å². The van der Waals surface area contributed by atoms with Gasteiger partial charge in [0.05, 0.1) is 23.5 Å². The maximum absolute atomic E-state index is 5.21. The summed E-state index contributed by atoms with van der Waals surface area (Å²) in [4.78, 5) is 20.3. The zero-order valence-corrected chi connectivity index (χ0v) is 24.0. The molecule has 44 heavy (non-hydrogen) atoms. The Morgan fingerprint density at radius 2 is 0.886 bits per heavy atom. The molecule has 1 aromatic heterocycles. The maximum atomic E-state index is 5.21. The number of anilines is 4. The van der Waals surface area contributed by atoms with Crippen LogP contribution in [0.1, 0.15) is 23.0 Å². The van der Waals surface area contributed by atoms with Crippen LogP contribution in [0.5, 0.6) is 0 Å². The Morgan fingerprint density at radius 1 is 0.432 bits per heavy atom. The van der Waals surface area contributed by atoms with Crippen molar-refractivity contribution in [1.29, 1.82) is 0 Å². The monoisotopic (exact) mass is 567 g/mol. The lowest BCUT2D eigenvalue weighted by Crippen LogP contribution is -2.32. The van der Waals surface area contributed by atoms with Gasteiger partial charge in [-0.15, -0.1) is 0 Å². The van der Waals surface area contributed by atoms with Crippen LogP contribution in [-0.4, -0.2) is 27.0 Å². The molecule has 0 saturated carbocycles. The van der Waals surface area contributed by atoms with Crippen LogP contribution in [0.15, 0.2) is 152 Å². The van der Waals surface area contributed by atoms with Crippen LogP contribution in [0, 0.1) is 0 Å². The molecule has 4 aliphatic rings. The summed E-state index contributed by atoms with van der Waals surface area (Å²) in [5.74, 6) is 2.44. The van der Waals surface area contributed by atoms with Gasteiger partial charge in [-0.3, -0.25) is 0 Å². The zero-order valence-electron chi connectivity index (χ0n) is 24.0. The van der Waals surface area contributed by atoms with E-state index in [-0.39, 0.29) is 23.9 Å². The summed E-state index contributed by atoms with van der Waals surface area (Å²) in [6.45, 7) is 0. The predicted octanol–water partition coefficient (Wildman–Crippen LogP) is 8.67. The fourth-order valence-electron chi connectivity index (χ4n) is 7.24. The topological polar surface area (TPSA) is 45.2 Å². The summed E-state index contributed by atoms with van der Waals surface area (Å²) in [6.07, 6.45) is 18.0. The van der Waals surface area contributed by atoms with E-state index in [0.717, 1.165) is 11.1 Å². The fraction of sp³-hybridized carbons (Fsp3) is 0.103. The van der Waals surface area contributed by atoms with Gasteiger partial charge in [0, 0.05) is 28.7 Å². The van der Waals surface area contributed by atoms with Crippen molar-refractivity contribution in [3.05, 3.63) is 163 Å². The van der Waals surface area contributed by atoms with E-state index in [9.17, 15) is 0 Å². The number of hydrogen-bond donors (Lipinski definition) is 0. The lowest BCUT2D eigenvalue weighted by atomic mass is 9.88. The van der Waals surface area contributed by atoms with Crippen molar-refractivity contribution < 1.29 is 0 Å². The van der Waals surface area contributed by atoms with Gasteiger partial charge in [0.15, 0.2) is 11.6 Å². The van der Waals surface area contributed by atoms with Gasteiger partial charge in [0.2, 0.25) is 5.95 Å². The molecule has 0 amide bonds. The van der Waals surface area contributed by atoms with Crippen LogP contribution >= 0.6 is 0 Å². The first-order valence-corrected chi connectivity index (χ1v) is 15.2. The van der Waals surface area contributed by atoms with Crippen LogP contribution in [0.25, 0.3) is 22.8 Å². The number of hydrogen-bond acceptors (Lipinski definition) is 5. The van der Waals surface area contributed by atoms with Gasteiger partial charge in [-0.25, -0.2) is 4.98 Å². The van der Waals surface area contributed by atoms with Crippen molar-refractivity contribution in [3.63, 3.8) is 0 Å². The standard InChI is InChI=1S/C39H29N5/c1-4-14-26(15-5-1)37-40-38(27-16-6-2-7-17-27)42-39(41-37)44-34-23-13-11-21-30(34)32-25-24-31-29-20-10-12-22-33(29)43(35(31)36(32)44)28-18-8-3-9-19-28/h1-25,29-30,33-34H. The molecular formula is C39H29N5. The number of benzene rings is 4. The second-order valence-electron chi connectivity index (χ2n) is 11.6. The minimum atomic E-state index is 0.0440. The third kappa shape index (κ3) is 3.82. The molecule has 0 spiro atoms. The number of aromatic nitrogens is 3. The van der Waals surface area contributed by atoms with E-state index in [0.29, 0.717) is 17.6 Å². The summed E-state index contributed by atoms with van der Waals surface area (Å²) in [6, 6.07) is 36.1. The van der Waals surface area contributed by atoms with E-state index >= 15 is 0 Å². The Balaban J connectivity index is 1.31. The van der Waals surface area contributed by atoms with Crippen LogP contribution in [-0.2, 0) is 0 Å². The highest BCUT2D eigenvalue weighted by Gasteiger charge is 2.47. The fourth-order valence-corrected chi connectivity index (χ4v) is 7.24. The van der Waals surface area contributed by atoms with Gasteiger partial charge >= 0.3 is 0 Å². The normalized spacial score (nSPS) is 22.1. The average Bonchev–Trinajstić information content (AvgIpc) is 3.62. The Labute approximate surface area is 256 Å². The number of fused-ring (bicyclic) bond motifs is 7. The highest BCUT2D eigenvalue weighted by atomic mass is 15.3. The smallest absolute Gasteiger partial charge is 0.234 e. The lowest BCUT2D eigenvalue weighted by Gasteiger charge is -2.32. The minimum Gasteiger partial charge on any atom is -0.332 e. The second kappa shape index (κ2) is 10.0. The Kier molecular flexibility index (Phi) is 5.69. The summed E-state index contributed by atoms with van der Waals surface area (Å²) in [5, 5.41) is 0. The summed E-state index contributed by atoms with van der Waals surface area (Å²) in [7, 11) is 0. The largest absolute Gasteiger partial charge is 0.332 e. The Morgan fingerprint density at radius 3 is 1.43 bits per heavy atom. The third-order valence-electron chi connectivity index (χ3n) is 9.16. The molecule has 0 radical (unpaired) electrons. The van der Waals surface area contributed by atoms with E-state index in [2.05, 4.69) is 125 Å². The molecule has 4 atom stereocenters. The molecule has 4 aromatic carbocycles. The second-order valence-corrected chi connectivity index (χ2v) is 11.6. The first-order valence-electron chi connectivity index (χ1n) is 15.2. The average molecular weight is 568 g/mol. The highest BCUT2D eigenvalue weighted by molar-refractivity contribution is 5.93. The first kappa shape index (κ1) is 25.0. The third-order valence-corrected chi connectivity index (χ3v) is 9.16. The van der Waals surface area contributed by atoms with Crippen molar-refractivity contribution in [2.45, 2.75) is 23.9 Å². The molecular weight excluding hydrogens is 538 g/mol. The molecule has 5 heteroatoms. The molecule has 5 nitrogen and oxygen atoms in total. The van der Waals surface area contributed by atoms with E-state index < -0.39 is 0 Å². The van der Waals surface area contributed by atoms with Crippen molar-refractivity contribution in [3.8, 4) is 22.8 Å². The first-order chi connectivity index (χ1) is 21.8. The van der Waals surface area contributed by atoms with Crippen molar-refractivity contribution in [2.75, 3.05) is 9.80 Å². The molecule has 5 aromatic rings. The molecule has 3 heterocycles. The molecule has 0 N–H and O–H groups in total. The number of para-hydroxylation sites is 1. The Bertz CT molecular complexity index is 1940. The highest BCUT2D eigenvalue weighted by Crippen LogP contribution is 2.59. The zero-order chi connectivity index (χ0) is 29.0. The maximum Gasteiger partial charge on any atom is 0.234 e. The van der Waals surface area contributed by atoms with Gasteiger partial charge in [0.1, 0.15) is 0 Å². The number of nitrogens with zero attached hydrogens (tertiary/aromatic N) is 5. The van der Waals surface area contributed by atoms with Gasteiger partial charge in [-0.1, -0.05) is 140 Å². The van der Waals surface area contributed by atoms with E-state index in [1.54, 1.807) is 0 Å². The van der Waals surface area contributed by atoms with Gasteiger partial charge < -0.3 is 9.80 Å². The molecule has 0 saturated heterocycles. The van der Waals surface area contributed by atoms with Crippen molar-refractivity contribution in [1.82, 2.24) is 15.0 Å². The molecule has 0 bridgehead atoms. The molecule has 9 rings (SSSR count). The molecule has 4 unspecified atom stereocenters. The minimum absolute atomic E-state index is 0.0440. The van der Waals surface area contributed by atoms with Crippen molar-refractivity contribution in [2.24, 2.45) is 0 Å². The van der Waals surface area contributed by atoms with E-state index in [4.69, 9.17) is 15.0 Å². The van der Waals surface area contributed by atoms with Crippen LogP contribution in [0.3, 0.4) is 0 Å². The van der Waals surface area contributed by atoms with E-state index in [1.807, 2.05) is 36.4 Å². The number of rotatable bonds is 4. The van der Waals surface area contributed by atoms with E-state index in [1.165, 1.54) is 28.2 Å². The van der Waals surface area contributed by atoms with Gasteiger partial charge in [-0.05, 0) is 23.3 Å². The quantitative estimate of drug-likeness (QED) is 0.217. The number of allylic oxidation sites excluding steroid dienone is 4. The Hall–Kier alpha value is -5.55. The van der Waals surface area contributed by atoms with Gasteiger partial charge in [0.25, 0.3) is 0 Å². The lowest BCUT2D eigenvalue weighted by molar-refractivity contribution is 0.725. The van der Waals surface area contributed by atoms with Crippen LogP contribution < -0.4 is 9.80 Å². The molecule has 0 fully saturated rings. The predicted molar refractivity (Wildman–Crippen MR) is 177 cm³/mol. The summed E-state index contributed by atoms with van der Waals surface area (Å²) < 4.78 is 0. The summed E-state index contributed by atoms with van der Waals surface area (Å²) >= 11 is 0. The SMILES string of the molecule is C1=CC2c3ccc4c(c3N(c3ccccc3)C2C=C1)N(c1nc(-c2ccccc2)nc(-c2ccccc2)n1)C1C=CC=CC41. The van der Waals surface area contributed by atoms with Crippen LogP contribution in [0.2, 0.25) is 0 Å². The molecule has 2 aliphatic carbocycles. The van der Waals surface area contributed by atoms with Crippen molar-refractivity contribution >= 4 is 23.0 Å².